The Morgan fingerprint density at radius 3 is 2.15 bits per heavy atom. The summed E-state index contributed by atoms with van der Waals surface area (Å²) in [5, 5.41) is 8.22. The Morgan fingerprint density at radius 1 is 0.970 bits per heavy atom. The van der Waals surface area contributed by atoms with Crippen LogP contribution in [0.1, 0.15) is 54.4 Å². The zero-order chi connectivity index (χ0) is 22.4. The Balaban J connectivity index is 1.33. The Kier molecular flexibility index (Phi) is 5.01. The summed E-state index contributed by atoms with van der Waals surface area (Å²) in [5.41, 5.74) is 2.80. The van der Waals surface area contributed by atoms with Crippen molar-refractivity contribution in [2.45, 2.75) is 50.6 Å². The van der Waals surface area contributed by atoms with Crippen LogP contribution in [0.5, 0.6) is 0 Å². The minimum atomic E-state index is -0.0179. The number of aromatic nitrogens is 2. The first-order chi connectivity index (χ1) is 16.1. The zero-order valence-corrected chi connectivity index (χ0v) is 19.3. The summed E-state index contributed by atoms with van der Waals surface area (Å²) in [6.07, 6.45) is 9.29. The van der Waals surface area contributed by atoms with Crippen LogP contribution in [0, 0.1) is 17.8 Å². The van der Waals surface area contributed by atoms with Gasteiger partial charge in [-0.25, -0.2) is 4.68 Å². The Morgan fingerprint density at radius 2 is 1.55 bits per heavy atom. The fourth-order valence-electron chi connectivity index (χ4n) is 7.13. The molecule has 3 aromatic rings. The van der Waals surface area contributed by atoms with Gasteiger partial charge in [-0.3, -0.25) is 4.79 Å². The molecular formula is C28H32N4O. The molecule has 1 N–H and O–H groups in total. The fraction of sp³-hybridized carbons (Fsp3) is 0.429. The van der Waals surface area contributed by atoms with Crippen LogP contribution in [-0.4, -0.2) is 28.3 Å². The third-order valence-corrected chi connectivity index (χ3v) is 8.03. The van der Waals surface area contributed by atoms with Gasteiger partial charge in [0.25, 0.3) is 5.91 Å². The molecule has 170 valence electrons. The van der Waals surface area contributed by atoms with Gasteiger partial charge in [0.15, 0.2) is 0 Å². The average molecular weight is 441 g/mol. The van der Waals surface area contributed by atoms with E-state index in [2.05, 4.69) is 39.6 Å². The van der Waals surface area contributed by atoms with Gasteiger partial charge in [0, 0.05) is 19.1 Å². The molecule has 33 heavy (non-hydrogen) atoms. The van der Waals surface area contributed by atoms with Crippen molar-refractivity contribution >= 4 is 11.7 Å². The topological polar surface area (TPSA) is 50.2 Å². The van der Waals surface area contributed by atoms with Gasteiger partial charge in [-0.05, 0) is 74.0 Å². The van der Waals surface area contributed by atoms with Gasteiger partial charge in [-0.15, -0.1) is 0 Å². The predicted molar refractivity (Wildman–Crippen MR) is 130 cm³/mol. The maximum Gasteiger partial charge on any atom is 0.257 e. The lowest BCUT2D eigenvalue weighted by Gasteiger charge is -2.56. The number of nitrogens with zero attached hydrogens (tertiary/aromatic N) is 3. The molecule has 1 heterocycles. The van der Waals surface area contributed by atoms with E-state index in [0.717, 1.165) is 48.5 Å². The van der Waals surface area contributed by atoms with Crippen LogP contribution in [0.4, 0.5) is 5.82 Å². The molecule has 0 aliphatic heterocycles. The van der Waals surface area contributed by atoms with Gasteiger partial charge < -0.3 is 10.2 Å². The van der Waals surface area contributed by atoms with Crippen LogP contribution >= 0.6 is 0 Å². The molecule has 0 spiro atoms. The molecule has 0 saturated heterocycles. The summed E-state index contributed by atoms with van der Waals surface area (Å²) in [5.74, 6) is 3.25. The third kappa shape index (κ3) is 3.84. The summed E-state index contributed by atoms with van der Waals surface area (Å²) in [7, 11) is 2.05. The number of anilines is 1. The van der Waals surface area contributed by atoms with E-state index < -0.39 is 0 Å². The number of carbonyl (C=O) groups excluding carboxylic acids is 1. The molecule has 4 bridgehead atoms. The van der Waals surface area contributed by atoms with E-state index in [9.17, 15) is 4.79 Å². The van der Waals surface area contributed by atoms with E-state index in [1.807, 2.05) is 48.1 Å². The van der Waals surface area contributed by atoms with E-state index in [-0.39, 0.29) is 11.4 Å². The summed E-state index contributed by atoms with van der Waals surface area (Å²) in [4.78, 5) is 15.9. The number of para-hydroxylation sites is 1. The largest absolute Gasteiger partial charge is 0.355 e. The summed E-state index contributed by atoms with van der Waals surface area (Å²) >= 11 is 0. The Hall–Kier alpha value is -3.08. The van der Waals surface area contributed by atoms with Crippen LogP contribution in [0.15, 0.2) is 66.9 Å². The van der Waals surface area contributed by atoms with Crippen molar-refractivity contribution in [3.05, 3.63) is 78.0 Å². The summed E-state index contributed by atoms with van der Waals surface area (Å²) in [6, 6.07) is 20.5. The molecule has 4 saturated carbocycles. The standard InChI is InChI=1S/C28H32N4O/c1-31(19-20-8-4-2-5-9-20)27-25(18-29-32(27)24-10-6-3-7-11-24)26(33)30-28-15-21-12-22(16-28)14-23(13-21)17-28/h2-11,18,21-23H,12-17,19H2,1H3,(H,30,33). The van der Waals surface area contributed by atoms with E-state index in [1.165, 1.54) is 24.8 Å². The van der Waals surface area contributed by atoms with E-state index in [4.69, 9.17) is 0 Å². The number of hydrogen-bond donors (Lipinski definition) is 1. The first-order valence-corrected chi connectivity index (χ1v) is 12.3. The Bertz CT molecular complexity index is 1100. The van der Waals surface area contributed by atoms with Gasteiger partial charge in [0.05, 0.1) is 11.9 Å². The highest BCUT2D eigenvalue weighted by Crippen LogP contribution is 2.55. The monoisotopic (exact) mass is 440 g/mol. The first-order valence-electron chi connectivity index (χ1n) is 12.3. The maximum atomic E-state index is 13.8. The van der Waals surface area contributed by atoms with E-state index in [1.54, 1.807) is 6.20 Å². The molecular weight excluding hydrogens is 408 g/mol. The summed E-state index contributed by atoms with van der Waals surface area (Å²) < 4.78 is 1.90. The van der Waals surface area contributed by atoms with Crippen molar-refractivity contribution in [2.75, 3.05) is 11.9 Å². The second-order valence-electron chi connectivity index (χ2n) is 10.6. The molecule has 1 amide bonds. The van der Waals surface area contributed by atoms with Crippen molar-refractivity contribution in [2.24, 2.45) is 17.8 Å². The first kappa shape index (κ1) is 20.5. The number of carbonyl (C=O) groups is 1. The minimum Gasteiger partial charge on any atom is -0.355 e. The molecule has 4 aliphatic rings. The van der Waals surface area contributed by atoms with Gasteiger partial charge in [0.2, 0.25) is 0 Å². The number of benzene rings is 2. The van der Waals surface area contributed by atoms with Crippen molar-refractivity contribution in [1.29, 1.82) is 0 Å². The van der Waals surface area contributed by atoms with Gasteiger partial charge in [-0.2, -0.15) is 5.10 Å². The lowest BCUT2D eigenvalue weighted by molar-refractivity contribution is -0.0166. The second-order valence-corrected chi connectivity index (χ2v) is 10.6. The number of rotatable bonds is 6. The van der Waals surface area contributed by atoms with Crippen LogP contribution < -0.4 is 10.2 Å². The second kappa shape index (κ2) is 8.05. The summed E-state index contributed by atoms with van der Waals surface area (Å²) in [6.45, 7) is 0.705. The molecule has 1 aromatic heterocycles. The van der Waals surface area contributed by atoms with E-state index >= 15 is 0 Å². The maximum absolute atomic E-state index is 13.8. The molecule has 0 atom stereocenters. The van der Waals surface area contributed by atoms with Crippen molar-refractivity contribution in [3.8, 4) is 5.69 Å². The van der Waals surface area contributed by atoms with Crippen LogP contribution in [0.3, 0.4) is 0 Å². The molecule has 5 heteroatoms. The smallest absolute Gasteiger partial charge is 0.257 e. The quantitative estimate of drug-likeness (QED) is 0.573. The van der Waals surface area contributed by atoms with Gasteiger partial charge in [0.1, 0.15) is 11.4 Å². The fourth-order valence-corrected chi connectivity index (χ4v) is 7.13. The third-order valence-electron chi connectivity index (χ3n) is 8.03. The number of hydrogen-bond acceptors (Lipinski definition) is 3. The van der Waals surface area contributed by atoms with Crippen LogP contribution in [0.25, 0.3) is 5.69 Å². The zero-order valence-electron chi connectivity index (χ0n) is 19.3. The molecule has 4 fully saturated rings. The minimum absolute atomic E-state index is 0.0179. The molecule has 0 unspecified atom stereocenters. The highest BCUT2D eigenvalue weighted by Gasteiger charge is 2.51. The Labute approximate surface area is 195 Å². The highest BCUT2D eigenvalue weighted by atomic mass is 16.2. The highest BCUT2D eigenvalue weighted by molar-refractivity contribution is 5.99. The molecule has 7 rings (SSSR count). The van der Waals surface area contributed by atoms with Crippen LogP contribution in [-0.2, 0) is 6.54 Å². The van der Waals surface area contributed by atoms with Crippen molar-refractivity contribution in [3.63, 3.8) is 0 Å². The lowest BCUT2D eigenvalue weighted by atomic mass is 9.53. The SMILES string of the molecule is CN(Cc1ccccc1)c1c(C(=O)NC23CC4CC(CC(C4)C2)C3)cnn1-c1ccccc1. The molecule has 0 radical (unpaired) electrons. The normalized spacial score (nSPS) is 27.5. The van der Waals surface area contributed by atoms with Gasteiger partial charge in [-0.1, -0.05) is 48.5 Å². The number of amides is 1. The van der Waals surface area contributed by atoms with E-state index in [0.29, 0.717) is 12.1 Å². The lowest BCUT2D eigenvalue weighted by Crippen LogP contribution is -2.59. The molecule has 2 aromatic carbocycles. The predicted octanol–water partition coefficient (Wildman–Crippen LogP) is 5.21. The van der Waals surface area contributed by atoms with Crippen molar-refractivity contribution < 1.29 is 4.79 Å². The molecule has 5 nitrogen and oxygen atoms in total. The van der Waals surface area contributed by atoms with Crippen molar-refractivity contribution in [1.82, 2.24) is 15.1 Å². The average Bonchev–Trinajstić information content (AvgIpc) is 3.25. The molecule has 4 aliphatic carbocycles. The van der Waals surface area contributed by atoms with Gasteiger partial charge >= 0.3 is 0 Å². The number of nitrogens with one attached hydrogen (secondary N) is 1. The van der Waals surface area contributed by atoms with Crippen LogP contribution in [0.2, 0.25) is 0 Å².